The molecule has 1 aromatic carbocycles. The average molecular weight is 315 g/mol. The molecule has 1 amide bonds. The summed E-state index contributed by atoms with van der Waals surface area (Å²) in [7, 11) is 0. The fraction of sp³-hybridized carbons (Fsp3) is 0.0909. The lowest BCUT2D eigenvalue weighted by Crippen LogP contribution is -2.23. The van der Waals surface area contributed by atoms with E-state index in [0.29, 0.717) is 21.6 Å². The molecule has 0 radical (unpaired) electrons. The number of carbonyl (C=O) groups is 1. The van der Waals surface area contributed by atoms with Crippen LogP contribution in [0.3, 0.4) is 0 Å². The molecule has 0 spiro atoms. The molecule has 88 valence electrons. The Balaban J connectivity index is 2.04. The highest BCUT2D eigenvalue weighted by Crippen LogP contribution is 2.21. The lowest BCUT2D eigenvalue weighted by atomic mass is 10.2. The van der Waals surface area contributed by atoms with Crippen LogP contribution in [0.5, 0.6) is 0 Å². The quantitative estimate of drug-likeness (QED) is 0.915. The summed E-state index contributed by atoms with van der Waals surface area (Å²) >= 11 is 9.11. The Labute approximate surface area is 112 Å². The smallest absolute Gasteiger partial charge is 0.252 e. The number of carbonyl (C=O) groups excluding carboxylic acids is 1. The van der Waals surface area contributed by atoms with Crippen LogP contribution in [0.1, 0.15) is 16.1 Å². The number of halogens is 2. The van der Waals surface area contributed by atoms with E-state index < -0.39 is 0 Å². The van der Waals surface area contributed by atoms with Gasteiger partial charge in [0.15, 0.2) is 0 Å². The second-order valence-corrected chi connectivity index (χ2v) is 4.67. The van der Waals surface area contributed by atoms with Crippen molar-refractivity contribution in [2.45, 2.75) is 6.54 Å². The van der Waals surface area contributed by atoms with Gasteiger partial charge in [-0.2, -0.15) is 0 Å². The third kappa shape index (κ3) is 3.08. The summed E-state index contributed by atoms with van der Waals surface area (Å²) in [4.78, 5) is 18.6. The number of aromatic nitrogens is 2. The zero-order chi connectivity index (χ0) is 12.3. The van der Waals surface area contributed by atoms with E-state index in [1.807, 2.05) is 0 Å². The number of aromatic amines is 1. The van der Waals surface area contributed by atoms with Crippen LogP contribution in [0.15, 0.2) is 35.2 Å². The molecule has 0 saturated carbocycles. The van der Waals surface area contributed by atoms with E-state index in [9.17, 15) is 4.79 Å². The van der Waals surface area contributed by atoms with Gasteiger partial charge in [-0.3, -0.25) is 4.79 Å². The minimum atomic E-state index is -0.164. The Hall–Kier alpha value is -1.33. The van der Waals surface area contributed by atoms with Crippen molar-refractivity contribution in [3.05, 3.63) is 51.5 Å². The van der Waals surface area contributed by atoms with E-state index in [2.05, 4.69) is 31.2 Å². The Morgan fingerprint density at radius 2 is 2.35 bits per heavy atom. The lowest BCUT2D eigenvalue weighted by molar-refractivity contribution is 0.0949. The molecule has 17 heavy (non-hydrogen) atoms. The van der Waals surface area contributed by atoms with Crippen molar-refractivity contribution in [3.8, 4) is 0 Å². The molecular weight excluding hydrogens is 305 g/mol. The van der Waals surface area contributed by atoms with Crippen LogP contribution in [0.25, 0.3) is 0 Å². The first kappa shape index (κ1) is 12.1. The first-order valence-corrected chi connectivity index (χ1v) is 6.04. The van der Waals surface area contributed by atoms with Gasteiger partial charge in [-0.25, -0.2) is 4.98 Å². The van der Waals surface area contributed by atoms with Gasteiger partial charge in [0.2, 0.25) is 0 Å². The lowest BCUT2D eigenvalue weighted by Gasteiger charge is -2.06. The third-order valence-corrected chi connectivity index (χ3v) is 3.06. The van der Waals surface area contributed by atoms with Crippen LogP contribution >= 0.6 is 27.5 Å². The Kier molecular flexibility index (Phi) is 3.81. The van der Waals surface area contributed by atoms with Gasteiger partial charge in [0.1, 0.15) is 0 Å². The van der Waals surface area contributed by atoms with Gasteiger partial charge in [-0.05, 0) is 34.1 Å². The zero-order valence-corrected chi connectivity index (χ0v) is 11.0. The van der Waals surface area contributed by atoms with Gasteiger partial charge < -0.3 is 10.3 Å². The number of H-pyrrole nitrogens is 1. The minimum absolute atomic E-state index is 0.164. The molecule has 2 rings (SSSR count). The van der Waals surface area contributed by atoms with Crippen molar-refractivity contribution in [1.29, 1.82) is 0 Å². The number of rotatable bonds is 3. The molecule has 0 aliphatic heterocycles. The van der Waals surface area contributed by atoms with Crippen LogP contribution in [0.2, 0.25) is 5.02 Å². The van der Waals surface area contributed by atoms with Crippen molar-refractivity contribution in [2.24, 2.45) is 0 Å². The summed E-state index contributed by atoms with van der Waals surface area (Å²) in [6.45, 7) is 0.411. The number of benzene rings is 1. The standard InChI is InChI=1S/C11H9BrClN3O/c12-10-3-7(13)1-2-9(10)11(17)15-5-8-4-14-6-16-8/h1-4,6H,5H2,(H,14,16)(H,15,17). The molecule has 0 saturated heterocycles. The van der Waals surface area contributed by atoms with Crippen molar-refractivity contribution in [1.82, 2.24) is 15.3 Å². The summed E-state index contributed by atoms with van der Waals surface area (Å²) < 4.78 is 0.673. The first-order chi connectivity index (χ1) is 8.16. The summed E-state index contributed by atoms with van der Waals surface area (Å²) in [6.07, 6.45) is 3.23. The van der Waals surface area contributed by atoms with E-state index in [1.54, 1.807) is 30.7 Å². The minimum Gasteiger partial charge on any atom is -0.347 e. The largest absolute Gasteiger partial charge is 0.347 e. The average Bonchev–Trinajstić information content (AvgIpc) is 2.78. The molecule has 0 atom stereocenters. The molecule has 0 bridgehead atoms. The number of amides is 1. The molecule has 0 aliphatic carbocycles. The maximum atomic E-state index is 11.9. The number of nitrogens with one attached hydrogen (secondary N) is 2. The van der Waals surface area contributed by atoms with E-state index in [0.717, 1.165) is 5.69 Å². The monoisotopic (exact) mass is 313 g/mol. The maximum Gasteiger partial charge on any atom is 0.252 e. The van der Waals surface area contributed by atoms with E-state index in [-0.39, 0.29) is 5.91 Å². The van der Waals surface area contributed by atoms with Gasteiger partial charge in [0, 0.05) is 15.7 Å². The first-order valence-electron chi connectivity index (χ1n) is 4.87. The molecule has 0 fully saturated rings. The second kappa shape index (κ2) is 5.33. The summed E-state index contributed by atoms with van der Waals surface area (Å²) in [5, 5.41) is 3.36. The van der Waals surface area contributed by atoms with Gasteiger partial charge in [0.25, 0.3) is 5.91 Å². The molecule has 0 unspecified atom stereocenters. The summed E-state index contributed by atoms with van der Waals surface area (Å²) in [5.41, 5.74) is 1.40. The molecule has 4 nitrogen and oxygen atoms in total. The van der Waals surface area contributed by atoms with Gasteiger partial charge in [-0.1, -0.05) is 11.6 Å². The molecular formula is C11H9BrClN3O. The fourth-order valence-electron chi connectivity index (χ4n) is 1.33. The number of hydrogen-bond donors (Lipinski definition) is 2. The van der Waals surface area contributed by atoms with Crippen LogP contribution in [-0.2, 0) is 6.54 Å². The number of imidazole rings is 1. The van der Waals surface area contributed by atoms with Crippen molar-refractivity contribution in [2.75, 3.05) is 0 Å². The topological polar surface area (TPSA) is 57.8 Å². The van der Waals surface area contributed by atoms with Crippen LogP contribution in [0.4, 0.5) is 0 Å². The zero-order valence-electron chi connectivity index (χ0n) is 8.71. The number of nitrogens with zero attached hydrogens (tertiary/aromatic N) is 1. The maximum absolute atomic E-state index is 11.9. The van der Waals surface area contributed by atoms with Gasteiger partial charge in [0.05, 0.1) is 24.1 Å². The highest BCUT2D eigenvalue weighted by atomic mass is 79.9. The van der Waals surface area contributed by atoms with Gasteiger partial charge in [-0.15, -0.1) is 0 Å². The molecule has 2 aromatic rings. The van der Waals surface area contributed by atoms with Gasteiger partial charge >= 0.3 is 0 Å². The highest BCUT2D eigenvalue weighted by Gasteiger charge is 2.09. The van der Waals surface area contributed by atoms with E-state index >= 15 is 0 Å². The molecule has 6 heteroatoms. The van der Waals surface area contributed by atoms with Crippen molar-refractivity contribution < 1.29 is 4.79 Å². The predicted octanol–water partition coefficient (Wildman–Crippen LogP) is 2.76. The van der Waals surface area contributed by atoms with Crippen LogP contribution < -0.4 is 5.32 Å². The SMILES string of the molecule is O=C(NCc1cnc[nH]1)c1ccc(Cl)cc1Br. The predicted molar refractivity (Wildman–Crippen MR) is 68.9 cm³/mol. The Morgan fingerprint density at radius 3 is 3.00 bits per heavy atom. The van der Waals surface area contributed by atoms with E-state index in [1.165, 1.54) is 0 Å². The normalized spacial score (nSPS) is 10.2. The van der Waals surface area contributed by atoms with Crippen LogP contribution in [0, 0.1) is 0 Å². The molecule has 1 aromatic heterocycles. The second-order valence-electron chi connectivity index (χ2n) is 3.38. The fourth-order valence-corrected chi connectivity index (χ4v) is 2.19. The van der Waals surface area contributed by atoms with E-state index in [4.69, 9.17) is 11.6 Å². The van der Waals surface area contributed by atoms with Crippen LogP contribution in [-0.4, -0.2) is 15.9 Å². The Morgan fingerprint density at radius 1 is 1.53 bits per heavy atom. The molecule has 1 heterocycles. The molecule has 0 aliphatic rings. The summed E-state index contributed by atoms with van der Waals surface area (Å²) in [6, 6.07) is 5.04. The molecule has 2 N–H and O–H groups in total. The van der Waals surface area contributed by atoms with Crippen molar-refractivity contribution in [3.63, 3.8) is 0 Å². The highest BCUT2D eigenvalue weighted by molar-refractivity contribution is 9.10. The third-order valence-electron chi connectivity index (χ3n) is 2.17. The van der Waals surface area contributed by atoms with Crippen molar-refractivity contribution >= 4 is 33.4 Å². The Bertz CT molecular complexity index is 528. The number of hydrogen-bond acceptors (Lipinski definition) is 2. The summed E-state index contributed by atoms with van der Waals surface area (Å²) in [5.74, 6) is -0.164.